The van der Waals surface area contributed by atoms with E-state index in [-0.39, 0.29) is 5.91 Å². The van der Waals surface area contributed by atoms with Crippen molar-refractivity contribution in [3.05, 3.63) is 59.0 Å². The van der Waals surface area contributed by atoms with Crippen molar-refractivity contribution in [1.29, 1.82) is 0 Å². The van der Waals surface area contributed by atoms with Gasteiger partial charge in [0, 0.05) is 6.54 Å². The topological polar surface area (TPSA) is 71.5 Å². The molecule has 0 atom stereocenters. The van der Waals surface area contributed by atoms with Gasteiger partial charge in [0.05, 0.1) is 12.1 Å². The normalized spacial score (nSPS) is 15.3. The highest BCUT2D eigenvalue weighted by Crippen LogP contribution is 2.20. The van der Waals surface area contributed by atoms with Crippen LogP contribution in [0.5, 0.6) is 0 Å². The van der Waals surface area contributed by atoms with E-state index in [1.54, 1.807) is 6.07 Å². The molecule has 2 aromatic rings. The van der Waals surface area contributed by atoms with Gasteiger partial charge in [-0.25, -0.2) is 5.84 Å². The maximum absolute atomic E-state index is 11.4. The van der Waals surface area contributed by atoms with Gasteiger partial charge in [-0.15, -0.1) is 0 Å². The van der Waals surface area contributed by atoms with Gasteiger partial charge in [-0.1, -0.05) is 24.3 Å². The number of amides is 1. The van der Waals surface area contributed by atoms with Crippen LogP contribution in [0.25, 0.3) is 0 Å². The monoisotopic (exact) mass is 285 g/mol. The number of rotatable bonds is 3. The van der Waals surface area contributed by atoms with Crippen molar-refractivity contribution in [3.63, 3.8) is 0 Å². The SMILES string of the molecule is NNC(=O)c1coc(CN2CCCc3ccccc3C2)c1. The molecule has 1 aromatic heterocycles. The Morgan fingerprint density at radius 2 is 2.14 bits per heavy atom. The number of fused-ring (bicyclic) bond motifs is 1. The number of hydrogen-bond acceptors (Lipinski definition) is 4. The summed E-state index contributed by atoms with van der Waals surface area (Å²) in [5.74, 6) is 5.58. The molecule has 0 unspecified atom stereocenters. The van der Waals surface area contributed by atoms with E-state index in [2.05, 4.69) is 34.6 Å². The molecule has 0 saturated carbocycles. The first kappa shape index (κ1) is 13.9. The van der Waals surface area contributed by atoms with Gasteiger partial charge >= 0.3 is 0 Å². The van der Waals surface area contributed by atoms with Crippen LogP contribution in [0.2, 0.25) is 0 Å². The van der Waals surface area contributed by atoms with Gasteiger partial charge in [0.1, 0.15) is 12.0 Å². The van der Waals surface area contributed by atoms with Gasteiger partial charge in [0.2, 0.25) is 0 Å². The van der Waals surface area contributed by atoms with Crippen molar-refractivity contribution in [2.75, 3.05) is 6.54 Å². The van der Waals surface area contributed by atoms with Gasteiger partial charge in [-0.05, 0) is 36.6 Å². The number of carbonyl (C=O) groups excluding carboxylic acids is 1. The third-order valence-electron chi connectivity index (χ3n) is 3.86. The molecule has 5 nitrogen and oxygen atoms in total. The molecule has 2 heterocycles. The molecule has 0 saturated heterocycles. The molecule has 3 N–H and O–H groups in total. The number of hydrazine groups is 1. The average molecular weight is 285 g/mol. The fourth-order valence-electron chi connectivity index (χ4n) is 2.79. The van der Waals surface area contributed by atoms with Crippen LogP contribution in [-0.4, -0.2) is 17.4 Å². The summed E-state index contributed by atoms with van der Waals surface area (Å²) in [4.78, 5) is 13.8. The summed E-state index contributed by atoms with van der Waals surface area (Å²) in [6.07, 6.45) is 3.70. The molecule has 0 aliphatic carbocycles. The van der Waals surface area contributed by atoms with Crippen molar-refractivity contribution in [3.8, 4) is 0 Å². The van der Waals surface area contributed by atoms with E-state index in [1.165, 1.54) is 17.4 Å². The van der Waals surface area contributed by atoms with Gasteiger partial charge in [-0.3, -0.25) is 15.1 Å². The summed E-state index contributed by atoms with van der Waals surface area (Å²) in [6.45, 7) is 2.63. The molecule has 1 aromatic carbocycles. The van der Waals surface area contributed by atoms with Crippen LogP contribution in [0.15, 0.2) is 41.0 Å². The minimum atomic E-state index is -0.328. The number of nitrogens with one attached hydrogen (secondary N) is 1. The van der Waals surface area contributed by atoms with Gasteiger partial charge in [0.25, 0.3) is 5.91 Å². The number of nitrogens with two attached hydrogens (primary N) is 1. The quantitative estimate of drug-likeness (QED) is 0.513. The third-order valence-corrected chi connectivity index (χ3v) is 3.86. The third kappa shape index (κ3) is 3.15. The lowest BCUT2D eigenvalue weighted by Gasteiger charge is -2.18. The molecule has 1 amide bonds. The Kier molecular flexibility index (Phi) is 4.03. The zero-order valence-corrected chi connectivity index (χ0v) is 11.8. The summed E-state index contributed by atoms with van der Waals surface area (Å²) >= 11 is 0. The molecule has 0 fully saturated rings. The molecule has 3 rings (SSSR count). The maximum Gasteiger partial charge on any atom is 0.268 e. The number of benzene rings is 1. The summed E-state index contributed by atoms with van der Waals surface area (Å²) in [5, 5.41) is 0. The van der Waals surface area contributed by atoms with E-state index < -0.39 is 0 Å². The van der Waals surface area contributed by atoms with Crippen LogP contribution in [0.1, 0.15) is 33.7 Å². The van der Waals surface area contributed by atoms with E-state index in [0.717, 1.165) is 31.7 Å². The lowest BCUT2D eigenvalue weighted by Crippen LogP contribution is -2.29. The predicted octanol–water partition coefficient (Wildman–Crippen LogP) is 1.83. The van der Waals surface area contributed by atoms with E-state index in [9.17, 15) is 4.79 Å². The summed E-state index contributed by atoms with van der Waals surface area (Å²) in [7, 11) is 0. The van der Waals surface area contributed by atoms with Crippen molar-refractivity contribution >= 4 is 5.91 Å². The second kappa shape index (κ2) is 6.11. The molecule has 0 spiro atoms. The Morgan fingerprint density at radius 1 is 1.33 bits per heavy atom. The van der Waals surface area contributed by atoms with Crippen LogP contribution in [0.3, 0.4) is 0 Å². The Morgan fingerprint density at radius 3 is 2.95 bits per heavy atom. The average Bonchev–Trinajstić information content (AvgIpc) is 2.86. The second-order valence-corrected chi connectivity index (χ2v) is 5.36. The molecular formula is C16H19N3O2. The van der Waals surface area contributed by atoms with Crippen LogP contribution < -0.4 is 11.3 Å². The van der Waals surface area contributed by atoms with Gasteiger partial charge < -0.3 is 4.42 Å². The molecule has 21 heavy (non-hydrogen) atoms. The number of hydrogen-bond donors (Lipinski definition) is 2. The van der Waals surface area contributed by atoms with E-state index >= 15 is 0 Å². The standard InChI is InChI=1S/C16H19N3O2/c17-18-16(20)14-8-15(21-11-14)10-19-7-3-6-12-4-1-2-5-13(12)9-19/h1-2,4-5,8,11H,3,6-7,9-10,17H2,(H,18,20). The molecule has 110 valence electrons. The zero-order chi connectivity index (χ0) is 14.7. The van der Waals surface area contributed by atoms with E-state index in [1.807, 2.05) is 0 Å². The van der Waals surface area contributed by atoms with Crippen LogP contribution in [-0.2, 0) is 19.5 Å². The smallest absolute Gasteiger partial charge is 0.268 e. The largest absolute Gasteiger partial charge is 0.467 e. The zero-order valence-electron chi connectivity index (χ0n) is 11.8. The lowest BCUT2D eigenvalue weighted by atomic mass is 10.0. The van der Waals surface area contributed by atoms with E-state index in [0.29, 0.717) is 12.1 Å². The Labute approximate surface area is 123 Å². The highest BCUT2D eigenvalue weighted by atomic mass is 16.3. The maximum atomic E-state index is 11.4. The molecule has 0 bridgehead atoms. The van der Waals surface area contributed by atoms with E-state index in [4.69, 9.17) is 10.3 Å². The van der Waals surface area contributed by atoms with Crippen molar-refractivity contribution in [1.82, 2.24) is 10.3 Å². The molecule has 1 aliphatic heterocycles. The van der Waals surface area contributed by atoms with Crippen LogP contribution in [0, 0.1) is 0 Å². The Bertz CT molecular complexity index is 636. The Balaban J connectivity index is 1.70. The fraction of sp³-hybridized carbons (Fsp3) is 0.312. The number of furan rings is 1. The number of nitrogen functional groups attached to an aromatic ring is 1. The predicted molar refractivity (Wildman–Crippen MR) is 79.2 cm³/mol. The molecule has 5 heteroatoms. The highest BCUT2D eigenvalue weighted by molar-refractivity contribution is 5.93. The minimum Gasteiger partial charge on any atom is -0.467 e. The minimum absolute atomic E-state index is 0.328. The van der Waals surface area contributed by atoms with Crippen molar-refractivity contribution in [2.24, 2.45) is 5.84 Å². The van der Waals surface area contributed by atoms with Gasteiger partial charge in [-0.2, -0.15) is 0 Å². The van der Waals surface area contributed by atoms with Crippen molar-refractivity contribution < 1.29 is 9.21 Å². The first-order valence-electron chi connectivity index (χ1n) is 7.14. The first-order chi connectivity index (χ1) is 10.3. The molecule has 1 aliphatic rings. The lowest BCUT2D eigenvalue weighted by molar-refractivity contribution is 0.0953. The number of nitrogens with zero attached hydrogens (tertiary/aromatic N) is 1. The summed E-state index contributed by atoms with van der Waals surface area (Å²) in [5.41, 5.74) is 5.38. The van der Waals surface area contributed by atoms with Crippen LogP contribution in [0.4, 0.5) is 0 Å². The summed E-state index contributed by atoms with van der Waals surface area (Å²) < 4.78 is 5.46. The Hall–Kier alpha value is -2.11. The summed E-state index contributed by atoms with van der Waals surface area (Å²) in [6, 6.07) is 10.3. The highest BCUT2D eigenvalue weighted by Gasteiger charge is 2.16. The first-order valence-corrected chi connectivity index (χ1v) is 7.14. The molecule has 0 radical (unpaired) electrons. The number of carbonyl (C=O) groups is 1. The van der Waals surface area contributed by atoms with Gasteiger partial charge in [0.15, 0.2) is 0 Å². The fourth-order valence-corrected chi connectivity index (χ4v) is 2.79. The van der Waals surface area contributed by atoms with Crippen LogP contribution >= 0.6 is 0 Å². The molecular weight excluding hydrogens is 266 g/mol. The van der Waals surface area contributed by atoms with Crippen molar-refractivity contribution in [2.45, 2.75) is 25.9 Å². The number of aryl methyl sites for hydroxylation is 1. The second-order valence-electron chi connectivity index (χ2n) is 5.36.